The fraction of sp³-hybridized carbons (Fsp3) is 0.222. The zero-order valence-corrected chi connectivity index (χ0v) is 16.6. The van der Waals surface area contributed by atoms with Gasteiger partial charge in [0.2, 0.25) is 0 Å². The minimum absolute atomic E-state index is 0.0547. The lowest BCUT2D eigenvalue weighted by molar-refractivity contribution is -0.123. The lowest BCUT2D eigenvalue weighted by atomic mass is 10.2. The third-order valence-electron chi connectivity index (χ3n) is 3.26. The first kappa shape index (κ1) is 20.1. The number of nitrogens with one attached hydrogen (secondary N) is 1. The number of hydrogen-bond donors (Lipinski definition) is 2. The number of nitrogens with zero attached hydrogens (tertiary/aromatic N) is 1. The van der Waals surface area contributed by atoms with Crippen LogP contribution >= 0.6 is 27.5 Å². The molecule has 0 aliphatic rings. The Morgan fingerprint density at radius 1 is 1.35 bits per heavy atom. The van der Waals surface area contributed by atoms with E-state index in [9.17, 15) is 9.90 Å². The highest BCUT2D eigenvalue weighted by molar-refractivity contribution is 9.10. The zero-order chi connectivity index (χ0) is 19.1. The summed E-state index contributed by atoms with van der Waals surface area (Å²) < 4.78 is 11.4. The molecule has 1 amide bonds. The summed E-state index contributed by atoms with van der Waals surface area (Å²) in [5.74, 6) is 0.377. The Labute approximate surface area is 164 Å². The molecule has 0 saturated carbocycles. The Morgan fingerprint density at radius 3 is 2.81 bits per heavy atom. The molecule has 0 heterocycles. The molecule has 2 N–H and O–H groups in total. The number of hydrazone groups is 1. The van der Waals surface area contributed by atoms with E-state index in [4.69, 9.17) is 21.1 Å². The van der Waals surface area contributed by atoms with E-state index in [-0.39, 0.29) is 12.4 Å². The summed E-state index contributed by atoms with van der Waals surface area (Å²) in [4.78, 5) is 11.8. The standard InChI is InChI=1S/C18H18BrClN2O4/c1-3-25-16-8-13(19)7-12(18(16)24)9-21-22-17(23)10-26-14-4-5-15(20)11(2)6-14/h4-9,24H,3,10H2,1-2H3,(H,22,23)/b21-9-. The lowest BCUT2D eigenvalue weighted by Crippen LogP contribution is -2.24. The molecule has 0 unspecified atom stereocenters. The van der Waals surface area contributed by atoms with E-state index >= 15 is 0 Å². The maximum atomic E-state index is 11.8. The van der Waals surface area contributed by atoms with Gasteiger partial charge in [0, 0.05) is 15.1 Å². The van der Waals surface area contributed by atoms with Gasteiger partial charge in [-0.3, -0.25) is 4.79 Å². The number of rotatable bonds is 7. The van der Waals surface area contributed by atoms with Gasteiger partial charge in [-0.15, -0.1) is 0 Å². The van der Waals surface area contributed by atoms with Gasteiger partial charge in [0.05, 0.1) is 12.8 Å². The summed E-state index contributed by atoms with van der Waals surface area (Å²) in [6, 6.07) is 8.43. The van der Waals surface area contributed by atoms with E-state index < -0.39 is 5.91 Å². The summed E-state index contributed by atoms with van der Waals surface area (Å²) in [5.41, 5.74) is 3.60. The van der Waals surface area contributed by atoms with E-state index in [0.717, 1.165) is 5.56 Å². The molecule has 0 spiro atoms. The second kappa shape index (κ2) is 9.45. The molecule has 0 radical (unpaired) electrons. The van der Waals surface area contributed by atoms with Crippen LogP contribution in [0.1, 0.15) is 18.1 Å². The van der Waals surface area contributed by atoms with Crippen LogP contribution in [0.25, 0.3) is 0 Å². The molecule has 0 aliphatic carbocycles. The molecule has 8 heteroatoms. The molecule has 138 valence electrons. The van der Waals surface area contributed by atoms with Gasteiger partial charge in [-0.1, -0.05) is 27.5 Å². The van der Waals surface area contributed by atoms with Crippen molar-refractivity contribution in [2.24, 2.45) is 5.10 Å². The summed E-state index contributed by atoms with van der Waals surface area (Å²) in [7, 11) is 0. The minimum atomic E-state index is -0.437. The molecule has 0 aromatic heterocycles. The predicted molar refractivity (Wildman–Crippen MR) is 104 cm³/mol. The molecule has 0 atom stereocenters. The van der Waals surface area contributed by atoms with Crippen LogP contribution in [0.2, 0.25) is 5.02 Å². The quantitative estimate of drug-likeness (QED) is 0.502. The van der Waals surface area contributed by atoms with Gasteiger partial charge in [-0.25, -0.2) is 5.43 Å². The zero-order valence-electron chi connectivity index (χ0n) is 14.3. The van der Waals surface area contributed by atoms with Crippen LogP contribution in [0.4, 0.5) is 0 Å². The van der Waals surface area contributed by atoms with E-state index in [1.165, 1.54) is 6.21 Å². The number of amides is 1. The van der Waals surface area contributed by atoms with Crippen LogP contribution in [0.3, 0.4) is 0 Å². The van der Waals surface area contributed by atoms with Crippen molar-refractivity contribution in [3.8, 4) is 17.2 Å². The number of halogens is 2. The fourth-order valence-corrected chi connectivity index (χ4v) is 2.59. The van der Waals surface area contributed by atoms with Gasteiger partial charge in [-0.05, 0) is 49.7 Å². The third-order valence-corrected chi connectivity index (χ3v) is 4.14. The van der Waals surface area contributed by atoms with Gasteiger partial charge in [0.15, 0.2) is 18.1 Å². The van der Waals surface area contributed by atoms with Gasteiger partial charge in [-0.2, -0.15) is 5.10 Å². The Morgan fingerprint density at radius 2 is 2.12 bits per heavy atom. The number of phenolic OH excluding ortho intramolecular Hbond substituents is 1. The van der Waals surface area contributed by atoms with Crippen molar-refractivity contribution in [1.82, 2.24) is 5.43 Å². The molecule has 2 rings (SSSR count). The van der Waals surface area contributed by atoms with Crippen molar-refractivity contribution in [2.75, 3.05) is 13.2 Å². The first-order valence-corrected chi connectivity index (χ1v) is 8.94. The lowest BCUT2D eigenvalue weighted by Gasteiger charge is -2.09. The van der Waals surface area contributed by atoms with Crippen LogP contribution in [0.5, 0.6) is 17.2 Å². The van der Waals surface area contributed by atoms with Crippen molar-refractivity contribution in [1.29, 1.82) is 0 Å². The number of carbonyl (C=O) groups excluding carboxylic acids is 1. The molecule has 2 aromatic carbocycles. The number of benzene rings is 2. The average molecular weight is 442 g/mol. The van der Waals surface area contributed by atoms with Crippen molar-refractivity contribution >= 4 is 39.7 Å². The molecule has 0 saturated heterocycles. The van der Waals surface area contributed by atoms with Crippen LogP contribution < -0.4 is 14.9 Å². The number of carbonyl (C=O) groups is 1. The van der Waals surface area contributed by atoms with Crippen molar-refractivity contribution in [3.63, 3.8) is 0 Å². The monoisotopic (exact) mass is 440 g/mol. The number of hydrogen-bond acceptors (Lipinski definition) is 5. The average Bonchev–Trinajstić information content (AvgIpc) is 2.60. The summed E-state index contributed by atoms with van der Waals surface area (Å²) in [5, 5.41) is 14.6. The predicted octanol–water partition coefficient (Wildman–Crippen LogP) is 4.04. The first-order valence-electron chi connectivity index (χ1n) is 7.77. The Kier molecular flexibility index (Phi) is 7.29. The summed E-state index contributed by atoms with van der Waals surface area (Å²) >= 11 is 9.27. The van der Waals surface area contributed by atoms with Gasteiger partial charge in [0.1, 0.15) is 5.75 Å². The third kappa shape index (κ3) is 5.64. The van der Waals surface area contributed by atoms with Crippen LogP contribution in [0.15, 0.2) is 39.9 Å². The molecular formula is C18H18BrClN2O4. The second-order valence-corrected chi connectivity index (χ2v) is 6.59. The highest BCUT2D eigenvalue weighted by Crippen LogP contribution is 2.32. The topological polar surface area (TPSA) is 80.2 Å². The van der Waals surface area contributed by atoms with E-state index in [1.807, 2.05) is 13.8 Å². The molecule has 0 bridgehead atoms. The van der Waals surface area contributed by atoms with Crippen molar-refractivity contribution < 1.29 is 19.4 Å². The molecular weight excluding hydrogens is 424 g/mol. The van der Waals surface area contributed by atoms with Gasteiger partial charge < -0.3 is 14.6 Å². The van der Waals surface area contributed by atoms with E-state index in [2.05, 4.69) is 26.5 Å². The highest BCUT2D eigenvalue weighted by Gasteiger charge is 2.09. The summed E-state index contributed by atoms with van der Waals surface area (Å²) in [6.45, 7) is 3.88. The fourth-order valence-electron chi connectivity index (χ4n) is 2.02. The highest BCUT2D eigenvalue weighted by atomic mass is 79.9. The van der Waals surface area contributed by atoms with Crippen molar-refractivity contribution in [2.45, 2.75) is 13.8 Å². The molecule has 6 nitrogen and oxygen atoms in total. The smallest absolute Gasteiger partial charge is 0.277 e. The first-order chi connectivity index (χ1) is 12.4. The number of phenols is 1. The van der Waals surface area contributed by atoms with Gasteiger partial charge >= 0.3 is 0 Å². The Balaban J connectivity index is 1.93. The molecule has 0 aliphatic heterocycles. The van der Waals surface area contributed by atoms with Crippen LogP contribution in [-0.2, 0) is 4.79 Å². The van der Waals surface area contributed by atoms with Gasteiger partial charge in [0.25, 0.3) is 5.91 Å². The Hall–Kier alpha value is -2.25. The maximum Gasteiger partial charge on any atom is 0.277 e. The van der Waals surface area contributed by atoms with E-state index in [1.54, 1.807) is 30.3 Å². The molecule has 2 aromatic rings. The largest absolute Gasteiger partial charge is 0.504 e. The Bertz CT molecular complexity index is 827. The number of aryl methyl sites for hydroxylation is 1. The van der Waals surface area contributed by atoms with Crippen LogP contribution in [0, 0.1) is 6.92 Å². The van der Waals surface area contributed by atoms with Crippen molar-refractivity contribution in [3.05, 3.63) is 51.0 Å². The second-order valence-electron chi connectivity index (χ2n) is 5.27. The normalized spacial score (nSPS) is 10.8. The SMILES string of the molecule is CCOc1cc(Br)cc(/C=N\NC(=O)COc2ccc(Cl)c(C)c2)c1O. The maximum absolute atomic E-state index is 11.8. The minimum Gasteiger partial charge on any atom is -0.504 e. The number of aromatic hydroxyl groups is 1. The molecule has 26 heavy (non-hydrogen) atoms. The molecule has 0 fully saturated rings. The van der Waals surface area contributed by atoms with Crippen LogP contribution in [-0.4, -0.2) is 30.4 Å². The number of ether oxygens (including phenoxy) is 2. The summed E-state index contributed by atoms with van der Waals surface area (Å²) in [6.07, 6.45) is 1.33. The van der Waals surface area contributed by atoms with E-state index in [0.29, 0.717) is 33.2 Å².